The first-order valence-electron chi connectivity index (χ1n) is 11.7. The van der Waals surface area contributed by atoms with Crippen molar-refractivity contribution in [2.75, 3.05) is 38.4 Å². The maximum Gasteiger partial charge on any atom is 0.259 e. The van der Waals surface area contributed by atoms with E-state index >= 15 is 0 Å². The molecule has 0 spiro atoms. The van der Waals surface area contributed by atoms with E-state index < -0.39 is 18.4 Å². The lowest BCUT2D eigenvalue weighted by molar-refractivity contribution is -0.128. The van der Waals surface area contributed by atoms with Gasteiger partial charge in [0.2, 0.25) is 5.91 Å². The maximum absolute atomic E-state index is 13.3. The molecule has 1 saturated heterocycles. The van der Waals surface area contributed by atoms with Crippen molar-refractivity contribution in [2.45, 2.75) is 32.5 Å². The van der Waals surface area contributed by atoms with Crippen LogP contribution in [-0.2, 0) is 25.7 Å². The Bertz CT molecular complexity index is 1170. The fourth-order valence-corrected chi connectivity index (χ4v) is 4.38. The number of hydrogen-bond acceptors (Lipinski definition) is 8. The Hall–Kier alpha value is -3.27. The Labute approximate surface area is 220 Å². The molecule has 0 aromatic heterocycles. The molecule has 198 valence electrons. The van der Waals surface area contributed by atoms with Crippen LogP contribution in [0.4, 0.5) is 10.1 Å². The van der Waals surface area contributed by atoms with Gasteiger partial charge in [-0.25, -0.2) is 14.1 Å². The molecule has 2 N–H and O–H groups in total. The average molecular weight is 533 g/mol. The van der Waals surface area contributed by atoms with E-state index in [4.69, 9.17) is 26.8 Å². The van der Waals surface area contributed by atoms with Crippen LogP contribution in [0, 0.1) is 5.82 Å². The van der Waals surface area contributed by atoms with Crippen molar-refractivity contribution in [3.63, 3.8) is 0 Å². The number of amides is 2. The number of carbonyl (C=O) groups excluding carboxylic acids is 3. The number of rotatable bonds is 9. The Kier molecular flexibility index (Phi) is 9.79. The number of carbonyl (C=O) groups is 2. The number of nitrogens with zero attached hydrogens (tertiary/aromatic N) is 3. The first-order valence-corrected chi connectivity index (χ1v) is 12.0. The topological polar surface area (TPSA) is 105 Å². The quantitative estimate of drug-likeness (QED) is 0.491. The zero-order chi connectivity index (χ0) is 27.1. The van der Waals surface area contributed by atoms with E-state index in [1.165, 1.54) is 25.3 Å². The van der Waals surface area contributed by atoms with E-state index in [9.17, 15) is 18.8 Å². The number of hydrogen-bond donors (Lipinski definition) is 1. The van der Waals surface area contributed by atoms with Crippen molar-refractivity contribution in [1.29, 1.82) is 0 Å². The lowest BCUT2D eigenvalue weighted by Crippen LogP contribution is -2.55. The van der Waals surface area contributed by atoms with Crippen LogP contribution in [0.25, 0.3) is 0 Å². The first-order chi connectivity index (χ1) is 17.7. The summed E-state index contributed by atoms with van der Waals surface area (Å²) < 4.78 is 24.3. The summed E-state index contributed by atoms with van der Waals surface area (Å²) >= 11 is 6.16. The molecule has 2 amide bonds. The van der Waals surface area contributed by atoms with Gasteiger partial charge in [0.1, 0.15) is 36.5 Å². The van der Waals surface area contributed by atoms with E-state index in [-0.39, 0.29) is 42.7 Å². The van der Waals surface area contributed by atoms with Gasteiger partial charge in [-0.3, -0.25) is 14.5 Å². The molecule has 1 fully saturated rings. The highest BCUT2D eigenvalue weighted by Crippen LogP contribution is 2.33. The van der Waals surface area contributed by atoms with Crippen molar-refractivity contribution in [1.82, 2.24) is 9.80 Å². The van der Waals surface area contributed by atoms with Gasteiger partial charge in [-0.1, -0.05) is 23.7 Å². The molecule has 2 aromatic rings. The van der Waals surface area contributed by atoms with Crippen LogP contribution < -0.4 is 15.4 Å². The SMILES string of the molecule is COCC(=O)N(C(=O)CN)c1cc(Cl)ccc1OCN1C[C@@H](C)N(Cc2ccc(F)cc2)C(=C=O)[C@@H]1C. The molecule has 37 heavy (non-hydrogen) atoms. The molecule has 0 aliphatic carbocycles. The summed E-state index contributed by atoms with van der Waals surface area (Å²) in [7, 11) is 1.34. The predicted molar refractivity (Wildman–Crippen MR) is 137 cm³/mol. The van der Waals surface area contributed by atoms with Crippen molar-refractivity contribution < 1.29 is 28.2 Å². The summed E-state index contributed by atoms with van der Waals surface area (Å²) in [4.78, 5) is 41.9. The van der Waals surface area contributed by atoms with Crippen molar-refractivity contribution in [3.05, 3.63) is 64.6 Å². The van der Waals surface area contributed by atoms with Crippen LogP contribution in [0.5, 0.6) is 5.75 Å². The molecule has 0 saturated carbocycles. The molecule has 11 heteroatoms. The minimum atomic E-state index is -0.642. The summed E-state index contributed by atoms with van der Waals surface area (Å²) in [6.07, 6.45) is 0. The van der Waals surface area contributed by atoms with Crippen molar-refractivity contribution in [3.8, 4) is 5.75 Å². The highest BCUT2D eigenvalue weighted by molar-refractivity contribution is 6.31. The molecule has 1 aliphatic heterocycles. The van der Waals surface area contributed by atoms with Crippen LogP contribution in [0.3, 0.4) is 0 Å². The van der Waals surface area contributed by atoms with Gasteiger partial charge in [0.05, 0.1) is 18.3 Å². The van der Waals surface area contributed by atoms with Gasteiger partial charge < -0.3 is 20.1 Å². The summed E-state index contributed by atoms with van der Waals surface area (Å²) in [6.45, 7) is 4.13. The third-order valence-corrected chi connectivity index (χ3v) is 6.38. The number of benzene rings is 2. The zero-order valence-electron chi connectivity index (χ0n) is 20.9. The minimum Gasteiger partial charge on any atom is -0.476 e. The van der Waals surface area contributed by atoms with Crippen LogP contribution >= 0.6 is 11.6 Å². The van der Waals surface area contributed by atoms with E-state index in [0.717, 1.165) is 10.5 Å². The largest absolute Gasteiger partial charge is 0.476 e. The highest BCUT2D eigenvalue weighted by Gasteiger charge is 2.34. The lowest BCUT2D eigenvalue weighted by atomic mass is 10.0. The van der Waals surface area contributed by atoms with Gasteiger partial charge in [0, 0.05) is 31.3 Å². The number of nitrogens with two attached hydrogens (primary N) is 1. The second kappa shape index (κ2) is 12.8. The van der Waals surface area contributed by atoms with E-state index in [1.54, 1.807) is 24.3 Å². The molecule has 2 atom stereocenters. The number of methoxy groups -OCH3 is 1. The first kappa shape index (κ1) is 28.3. The molecule has 3 rings (SSSR count). The van der Waals surface area contributed by atoms with Crippen molar-refractivity contribution >= 4 is 35.0 Å². The van der Waals surface area contributed by atoms with Gasteiger partial charge in [-0.2, -0.15) is 0 Å². The van der Waals surface area contributed by atoms with Crippen LogP contribution in [0.2, 0.25) is 5.02 Å². The van der Waals surface area contributed by atoms with Gasteiger partial charge in [-0.15, -0.1) is 0 Å². The summed E-state index contributed by atoms with van der Waals surface area (Å²) in [5.41, 5.74) is 6.99. The van der Waals surface area contributed by atoms with Gasteiger partial charge in [0.15, 0.2) is 0 Å². The smallest absolute Gasteiger partial charge is 0.259 e. The fraction of sp³-hybridized carbons (Fsp3) is 0.385. The number of ether oxygens (including phenoxy) is 2. The third-order valence-electron chi connectivity index (χ3n) is 6.14. The molecule has 1 heterocycles. The number of halogens is 2. The van der Waals surface area contributed by atoms with Crippen LogP contribution in [0.1, 0.15) is 19.4 Å². The summed E-state index contributed by atoms with van der Waals surface area (Å²) in [6, 6.07) is 10.3. The summed E-state index contributed by atoms with van der Waals surface area (Å²) in [5.74, 6) is 0.715. The second-order valence-electron chi connectivity index (χ2n) is 8.68. The zero-order valence-corrected chi connectivity index (χ0v) is 21.7. The fourth-order valence-electron chi connectivity index (χ4n) is 4.21. The van der Waals surface area contributed by atoms with Gasteiger partial charge >= 0.3 is 0 Å². The van der Waals surface area contributed by atoms with Crippen LogP contribution in [-0.4, -0.2) is 73.2 Å². The molecular weight excluding hydrogens is 503 g/mol. The number of anilines is 1. The lowest BCUT2D eigenvalue weighted by Gasteiger charge is -2.45. The Balaban J connectivity index is 1.80. The van der Waals surface area contributed by atoms with Gasteiger partial charge in [0.25, 0.3) is 5.91 Å². The average Bonchev–Trinajstić information content (AvgIpc) is 2.87. The van der Waals surface area contributed by atoms with Crippen LogP contribution in [0.15, 0.2) is 48.2 Å². The molecule has 0 radical (unpaired) electrons. The van der Waals surface area contributed by atoms with E-state index in [2.05, 4.69) is 5.94 Å². The number of imide groups is 1. The molecular formula is C26H30ClFN4O5. The normalized spacial score (nSPS) is 17.9. The number of piperazine rings is 1. The third kappa shape index (κ3) is 6.74. The molecule has 2 aromatic carbocycles. The Morgan fingerprint density at radius 1 is 1.19 bits per heavy atom. The monoisotopic (exact) mass is 532 g/mol. The molecule has 9 nitrogen and oxygen atoms in total. The van der Waals surface area contributed by atoms with E-state index in [0.29, 0.717) is 23.8 Å². The second-order valence-corrected chi connectivity index (χ2v) is 9.12. The minimum absolute atomic E-state index is 0.0544. The van der Waals surface area contributed by atoms with Crippen molar-refractivity contribution in [2.24, 2.45) is 5.73 Å². The molecule has 1 aliphatic rings. The highest BCUT2D eigenvalue weighted by atomic mass is 35.5. The predicted octanol–water partition coefficient (Wildman–Crippen LogP) is 2.59. The Morgan fingerprint density at radius 2 is 1.89 bits per heavy atom. The standard InChI is InChI=1S/C26H30ClFN4O5/c1-17-12-30(18(2)23(14-33)31(17)13-19-4-7-21(28)8-5-19)16-37-24-9-6-20(27)10-22(24)32(25(34)11-29)26(35)15-36-3/h4-10,17-18H,11-13,15-16,29H2,1-3H3/t17-,18+/m1/s1. The molecule has 0 unspecified atom stereocenters. The summed E-state index contributed by atoms with van der Waals surface area (Å²) in [5, 5.41) is 0.296. The maximum atomic E-state index is 13.3. The van der Waals surface area contributed by atoms with Gasteiger partial charge in [-0.05, 0) is 49.7 Å². The molecule has 0 bridgehead atoms. The Morgan fingerprint density at radius 3 is 2.51 bits per heavy atom. The van der Waals surface area contributed by atoms with E-state index in [1.807, 2.05) is 23.6 Å².